The minimum Gasteiger partial charge on any atom is -0.338 e. The molecule has 0 aliphatic carbocycles. The van der Waals surface area contributed by atoms with E-state index >= 15 is 0 Å². The Hall–Kier alpha value is -1.04. The SMILES string of the molecule is CCCC(=O)NC(C#N)(CC)CC. The molecule has 0 aliphatic heterocycles. The normalized spacial score (nSPS) is 10.6. The Kier molecular flexibility index (Phi) is 5.13. The molecule has 0 atom stereocenters. The molecule has 0 saturated heterocycles. The molecular weight excluding hydrogens is 164 g/mol. The lowest BCUT2D eigenvalue weighted by Crippen LogP contribution is -2.46. The van der Waals surface area contributed by atoms with E-state index in [1.54, 1.807) is 0 Å². The highest BCUT2D eigenvalue weighted by molar-refractivity contribution is 5.77. The van der Waals surface area contributed by atoms with Crippen LogP contribution in [-0.2, 0) is 4.79 Å². The van der Waals surface area contributed by atoms with Crippen molar-refractivity contribution in [3.05, 3.63) is 0 Å². The van der Waals surface area contributed by atoms with Crippen molar-refractivity contribution < 1.29 is 4.79 Å². The van der Waals surface area contributed by atoms with E-state index < -0.39 is 5.54 Å². The van der Waals surface area contributed by atoms with Gasteiger partial charge in [0.15, 0.2) is 0 Å². The van der Waals surface area contributed by atoms with Crippen molar-refractivity contribution in [2.24, 2.45) is 0 Å². The number of nitriles is 1. The van der Waals surface area contributed by atoms with Crippen LogP contribution < -0.4 is 5.32 Å². The first-order valence-electron chi connectivity index (χ1n) is 4.86. The van der Waals surface area contributed by atoms with E-state index in [1.807, 2.05) is 20.8 Å². The number of rotatable bonds is 5. The first-order valence-corrected chi connectivity index (χ1v) is 4.86. The molecule has 0 heterocycles. The zero-order valence-corrected chi connectivity index (χ0v) is 8.68. The number of carbonyl (C=O) groups excluding carboxylic acids is 1. The molecule has 0 radical (unpaired) electrons. The third kappa shape index (κ3) is 3.45. The molecule has 0 aromatic rings. The quantitative estimate of drug-likeness (QED) is 0.706. The van der Waals surface area contributed by atoms with E-state index in [4.69, 9.17) is 5.26 Å². The molecular formula is C10H18N2O. The van der Waals surface area contributed by atoms with Gasteiger partial charge in [0, 0.05) is 6.42 Å². The summed E-state index contributed by atoms with van der Waals surface area (Å²) in [5.74, 6) is -0.0206. The van der Waals surface area contributed by atoms with Crippen molar-refractivity contribution in [2.45, 2.75) is 52.0 Å². The second-order valence-electron chi connectivity index (χ2n) is 3.20. The van der Waals surface area contributed by atoms with Crippen LogP contribution in [0.1, 0.15) is 46.5 Å². The maximum absolute atomic E-state index is 11.3. The summed E-state index contributed by atoms with van der Waals surface area (Å²) in [5, 5.41) is 11.7. The van der Waals surface area contributed by atoms with E-state index in [0.29, 0.717) is 19.3 Å². The summed E-state index contributed by atoms with van der Waals surface area (Å²) < 4.78 is 0. The Balaban J connectivity index is 4.27. The summed E-state index contributed by atoms with van der Waals surface area (Å²) >= 11 is 0. The van der Waals surface area contributed by atoms with Crippen molar-refractivity contribution in [3.8, 4) is 6.07 Å². The summed E-state index contributed by atoms with van der Waals surface area (Å²) in [4.78, 5) is 11.3. The van der Waals surface area contributed by atoms with Crippen molar-refractivity contribution >= 4 is 5.91 Å². The predicted octanol–water partition coefficient (Wildman–Crippen LogP) is 1.99. The first-order chi connectivity index (χ1) is 6.14. The van der Waals surface area contributed by atoms with Crippen LogP contribution in [0.5, 0.6) is 0 Å². The Morgan fingerprint density at radius 2 is 1.92 bits per heavy atom. The van der Waals surface area contributed by atoms with Gasteiger partial charge in [-0.05, 0) is 19.3 Å². The van der Waals surface area contributed by atoms with Gasteiger partial charge in [-0.15, -0.1) is 0 Å². The van der Waals surface area contributed by atoms with Crippen molar-refractivity contribution in [1.82, 2.24) is 5.32 Å². The lowest BCUT2D eigenvalue weighted by atomic mass is 9.94. The van der Waals surface area contributed by atoms with Crippen LogP contribution in [0.3, 0.4) is 0 Å². The zero-order chi connectivity index (χ0) is 10.3. The highest BCUT2D eigenvalue weighted by atomic mass is 16.1. The van der Waals surface area contributed by atoms with E-state index in [1.165, 1.54) is 0 Å². The van der Waals surface area contributed by atoms with Crippen LogP contribution in [0, 0.1) is 11.3 Å². The fourth-order valence-corrected chi connectivity index (χ4v) is 1.17. The molecule has 3 nitrogen and oxygen atoms in total. The maximum Gasteiger partial charge on any atom is 0.221 e. The molecule has 0 bridgehead atoms. The van der Waals surface area contributed by atoms with Gasteiger partial charge < -0.3 is 5.32 Å². The Morgan fingerprint density at radius 3 is 2.23 bits per heavy atom. The number of hydrogen-bond acceptors (Lipinski definition) is 2. The molecule has 1 N–H and O–H groups in total. The molecule has 0 saturated carbocycles. The largest absolute Gasteiger partial charge is 0.338 e. The number of hydrogen-bond donors (Lipinski definition) is 1. The summed E-state index contributed by atoms with van der Waals surface area (Å²) in [7, 11) is 0. The summed E-state index contributed by atoms with van der Waals surface area (Å²) in [6.45, 7) is 5.78. The molecule has 0 fully saturated rings. The number of amides is 1. The average Bonchev–Trinajstić information content (AvgIpc) is 2.15. The topological polar surface area (TPSA) is 52.9 Å². The van der Waals surface area contributed by atoms with E-state index in [2.05, 4.69) is 11.4 Å². The van der Waals surface area contributed by atoms with Gasteiger partial charge in [-0.25, -0.2) is 0 Å². The summed E-state index contributed by atoms with van der Waals surface area (Å²) in [6, 6.07) is 2.17. The van der Waals surface area contributed by atoms with Gasteiger partial charge in [0.25, 0.3) is 0 Å². The van der Waals surface area contributed by atoms with Gasteiger partial charge in [-0.1, -0.05) is 20.8 Å². The molecule has 0 aromatic carbocycles. The van der Waals surface area contributed by atoms with Crippen molar-refractivity contribution in [2.75, 3.05) is 0 Å². The van der Waals surface area contributed by atoms with E-state index in [9.17, 15) is 4.79 Å². The van der Waals surface area contributed by atoms with Crippen molar-refractivity contribution in [3.63, 3.8) is 0 Å². The lowest BCUT2D eigenvalue weighted by molar-refractivity contribution is -0.122. The molecule has 0 aromatic heterocycles. The second-order valence-corrected chi connectivity index (χ2v) is 3.20. The van der Waals surface area contributed by atoms with Crippen LogP contribution >= 0.6 is 0 Å². The van der Waals surface area contributed by atoms with Gasteiger partial charge in [0.1, 0.15) is 5.54 Å². The Morgan fingerprint density at radius 1 is 1.38 bits per heavy atom. The average molecular weight is 182 g/mol. The molecule has 74 valence electrons. The van der Waals surface area contributed by atoms with E-state index in [-0.39, 0.29) is 5.91 Å². The van der Waals surface area contributed by atoms with Crippen LogP contribution in [0.2, 0.25) is 0 Å². The van der Waals surface area contributed by atoms with Gasteiger partial charge in [-0.2, -0.15) is 5.26 Å². The molecule has 0 aliphatic rings. The predicted molar refractivity (Wildman–Crippen MR) is 52.0 cm³/mol. The van der Waals surface area contributed by atoms with Crippen LogP contribution in [0.4, 0.5) is 0 Å². The van der Waals surface area contributed by atoms with Gasteiger partial charge in [0.05, 0.1) is 6.07 Å². The first kappa shape index (κ1) is 12.0. The summed E-state index contributed by atoms with van der Waals surface area (Å²) in [5.41, 5.74) is -0.647. The van der Waals surface area contributed by atoms with Crippen LogP contribution in [-0.4, -0.2) is 11.4 Å². The van der Waals surface area contributed by atoms with Crippen molar-refractivity contribution in [1.29, 1.82) is 5.26 Å². The molecule has 13 heavy (non-hydrogen) atoms. The molecule has 0 rings (SSSR count). The molecule has 0 spiro atoms. The standard InChI is InChI=1S/C10H18N2O/c1-4-7-9(13)12-10(5-2,6-3)8-11/h4-7H2,1-3H3,(H,12,13). The van der Waals surface area contributed by atoms with Gasteiger partial charge in [-0.3, -0.25) is 4.79 Å². The third-order valence-electron chi connectivity index (χ3n) is 2.28. The van der Waals surface area contributed by atoms with Crippen LogP contribution in [0.25, 0.3) is 0 Å². The maximum atomic E-state index is 11.3. The summed E-state index contributed by atoms with van der Waals surface area (Å²) in [6.07, 6.45) is 2.65. The smallest absolute Gasteiger partial charge is 0.221 e. The highest BCUT2D eigenvalue weighted by Crippen LogP contribution is 2.13. The molecule has 1 amide bonds. The third-order valence-corrected chi connectivity index (χ3v) is 2.28. The minimum absolute atomic E-state index is 0.0206. The fourth-order valence-electron chi connectivity index (χ4n) is 1.17. The van der Waals surface area contributed by atoms with Crippen LogP contribution in [0.15, 0.2) is 0 Å². The van der Waals surface area contributed by atoms with E-state index in [0.717, 1.165) is 6.42 Å². The Bertz CT molecular complexity index is 201. The number of carbonyl (C=O) groups is 1. The fraction of sp³-hybridized carbons (Fsp3) is 0.800. The minimum atomic E-state index is -0.647. The monoisotopic (exact) mass is 182 g/mol. The lowest BCUT2D eigenvalue weighted by Gasteiger charge is -2.24. The number of nitrogens with one attached hydrogen (secondary N) is 1. The second kappa shape index (κ2) is 5.58. The number of nitrogens with zero attached hydrogens (tertiary/aromatic N) is 1. The highest BCUT2D eigenvalue weighted by Gasteiger charge is 2.26. The molecule has 0 unspecified atom stereocenters. The van der Waals surface area contributed by atoms with Gasteiger partial charge >= 0.3 is 0 Å². The van der Waals surface area contributed by atoms with Gasteiger partial charge in [0.2, 0.25) is 5.91 Å². The molecule has 3 heteroatoms. The zero-order valence-electron chi connectivity index (χ0n) is 8.68. The Labute approximate surface area is 80.1 Å².